The molecule has 48 heteroatoms. The minimum Gasteiger partial charge on any atom is -0.493 e. The van der Waals surface area contributed by atoms with E-state index in [-0.39, 0.29) is 101 Å². The van der Waals surface area contributed by atoms with Crippen LogP contribution in [0.4, 0.5) is 38.4 Å². The number of carbonyl (C=O) groups excluding carboxylic acids is 8. The fourth-order valence-electron chi connectivity index (χ4n) is 19.8. The van der Waals surface area contributed by atoms with E-state index in [9.17, 15) is 51.9 Å². The molecule has 0 unspecified atom stereocenters. The molecule has 8 N–H and O–H groups in total. The van der Waals surface area contributed by atoms with Crippen LogP contribution in [0, 0.1) is 0 Å². The summed E-state index contributed by atoms with van der Waals surface area (Å²) in [6, 6.07) is 7.64. The van der Waals surface area contributed by atoms with Crippen molar-refractivity contribution in [1.29, 1.82) is 0 Å². The number of hydrogen-bond donors (Lipinski definition) is 8. The Kier molecular flexibility index (Phi) is 19.8. The predicted octanol–water partition coefficient (Wildman–Crippen LogP) is 0.561. The Morgan fingerprint density at radius 1 is 0.305 bits per heavy atom. The maximum atomic E-state index is 15.9. The number of rotatable bonds is 20. The lowest BCUT2D eigenvalue weighted by atomic mass is 9.95. The molecule has 118 heavy (non-hydrogen) atoms. The van der Waals surface area contributed by atoms with Gasteiger partial charge in [0.1, 0.15) is 63.0 Å². The molecule has 4 aromatic carbocycles. The Balaban J connectivity index is 0.000000765. The number of ether oxygens (including phenoxy) is 4. The topological polar surface area (TPSA) is 491 Å². The maximum Gasteiger partial charge on any atom is 0.326 e. The normalized spacial score (nSPS) is 27.9. The first-order chi connectivity index (χ1) is 55.9. The van der Waals surface area contributed by atoms with Gasteiger partial charge in [0.15, 0.2) is 47.3 Å². The van der Waals surface area contributed by atoms with Crippen molar-refractivity contribution < 1.29 is 109 Å². The van der Waals surface area contributed by atoms with E-state index in [0.717, 1.165) is 52.4 Å². The van der Waals surface area contributed by atoms with Crippen molar-refractivity contribution in [2.45, 2.75) is 127 Å². The monoisotopic (exact) mass is 1720 g/mol. The Labute approximate surface area is 678 Å². The molecule has 0 spiro atoms. The number of nitrogens with one attached hydrogen (secondary N) is 4. The van der Waals surface area contributed by atoms with Gasteiger partial charge in [0, 0.05) is 96.2 Å². The first kappa shape index (κ1) is 80.6. The van der Waals surface area contributed by atoms with E-state index in [1.54, 1.807) is 76.2 Å². The van der Waals surface area contributed by atoms with Gasteiger partial charge in [-0.1, -0.05) is 48.5 Å². The maximum absolute atomic E-state index is 15.9. The summed E-state index contributed by atoms with van der Waals surface area (Å²) in [5.74, 6) is -1.97. The van der Waals surface area contributed by atoms with Crippen molar-refractivity contribution in [1.82, 2.24) is 99.7 Å². The highest BCUT2D eigenvalue weighted by molar-refractivity contribution is 7.86. The Morgan fingerprint density at radius 3 is 0.678 bits per heavy atom. The lowest BCUT2D eigenvalue weighted by Gasteiger charge is -2.49. The molecule has 0 bridgehead atoms. The Morgan fingerprint density at radius 2 is 0.492 bits per heavy atom. The van der Waals surface area contributed by atoms with Gasteiger partial charge in [-0.2, -0.15) is 33.7 Å². The number of carbonyl (C=O) groups is 8. The van der Waals surface area contributed by atoms with Gasteiger partial charge in [0.05, 0.1) is 75.6 Å². The average molecular weight is 1730 g/mol. The van der Waals surface area contributed by atoms with Gasteiger partial charge in [-0.15, -0.1) is 0 Å². The summed E-state index contributed by atoms with van der Waals surface area (Å²) in [6.07, 6.45) is -5.96. The number of amides is 16. The largest absolute Gasteiger partial charge is 0.493 e. The van der Waals surface area contributed by atoms with Crippen LogP contribution in [-0.4, -0.2) is 368 Å². The molecule has 13 fully saturated rings. The van der Waals surface area contributed by atoms with Crippen molar-refractivity contribution in [2.75, 3.05) is 142 Å². The molecule has 0 aromatic heterocycles. The number of benzene rings is 4. The number of piperazine rings is 2. The third-order valence-corrected chi connectivity index (χ3v) is 28.9. The number of urea groups is 8. The standard InChI is InChI=1S/C62H72N16O24S4.2C4H10N2/c1-59-61(3)75-31-67-49-47-63(51(67)79)29-65-48-50-69(53(65)81)33-77-57(85)73-27-41-42(46(102-20-12-24-106(96,97)98)38-16-8-7-15-37(38)45(41)101-19-11-23-105(93,94)95)28-74-58(86)78(62(77,4)60(73,74)2)34-70(50)54(82)66(48)30-64(47)52(80)68(49)32-76(61)56(84)72(59)26-40-39(25-71(59)55(75)83)43(99-17-9-21-103(87,88)89)35-13-5-6-14-36(35)44(40)100-18-10-22-104(90,91)92;2*1-2-6-4-3-5-1/h5-8,13-16,47-50H,9-12,17-34H2,1-4H3,(H,87,88,89)(H,90,91,92)(H,93,94,95)(H,96,97,98);2*5-6H,1-4H2. The smallest absolute Gasteiger partial charge is 0.326 e. The molecule has 640 valence electrons. The van der Waals surface area contributed by atoms with Crippen LogP contribution in [0.2, 0.25) is 0 Å². The fourth-order valence-corrected chi connectivity index (χ4v) is 21.7. The summed E-state index contributed by atoms with van der Waals surface area (Å²) in [5, 5.41) is 14.5. The van der Waals surface area contributed by atoms with Gasteiger partial charge in [0.25, 0.3) is 40.5 Å². The van der Waals surface area contributed by atoms with Crippen molar-refractivity contribution in [3.05, 3.63) is 70.8 Å². The number of hydrogen-bond acceptors (Lipinski definition) is 24. The molecule has 13 saturated heterocycles. The van der Waals surface area contributed by atoms with Gasteiger partial charge in [-0.3, -0.25) is 96.6 Å². The average Bonchev–Trinajstić information content (AvgIpc) is 1.49. The van der Waals surface area contributed by atoms with Gasteiger partial charge >= 0.3 is 48.2 Å². The zero-order valence-electron chi connectivity index (χ0n) is 64.9. The van der Waals surface area contributed by atoms with E-state index in [4.69, 9.17) is 18.9 Å². The molecule has 19 rings (SSSR count). The summed E-state index contributed by atoms with van der Waals surface area (Å²) in [5.41, 5.74) is -5.70. The van der Waals surface area contributed by atoms with Crippen LogP contribution in [0.15, 0.2) is 48.5 Å². The predicted molar refractivity (Wildman–Crippen MR) is 411 cm³/mol. The van der Waals surface area contributed by atoms with E-state index >= 15 is 38.4 Å². The minimum atomic E-state index is -4.43. The molecule has 44 nitrogen and oxygen atoms in total. The van der Waals surface area contributed by atoms with Gasteiger partial charge in [-0.05, 0) is 53.4 Å². The van der Waals surface area contributed by atoms with Crippen molar-refractivity contribution in [2.24, 2.45) is 0 Å². The van der Waals surface area contributed by atoms with E-state index in [0.29, 0.717) is 43.8 Å². The Hall–Kier alpha value is -9.76. The van der Waals surface area contributed by atoms with Gasteiger partial charge in [-0.25, -0.2) is 38.4 Å². The first-order valence-electron chi connectivity index (χ1n) is 38.9. The molecular weight excluding hydrogens is 1630 g/mol. The second-order valence-electron chi connectivity index (χ2n) is 31.9. The van der Waals surface area contributed by atoms with Crippen molar-refractivity contribution in [3.63, 3.8) is 0 Å². The lowest BCUT2D eigenvalue weighted by molar-refractivity contribution is -0.0871. The lowest BCUT2D eigenvalue weighted by Crippen LogP contribution is -2.69. The highest BCUT2D eigenvalue weighted by Crippen LogP contribution is 2.61. The summed E-state index contributed by atoms with van der Waals surface area (Å²) >= 11 is 0. The SMILES string of the molecule is C1CNCCN1.C1CNCCN1.CC12N3Cc4c(c(OCCCS(=O)(=O)O)c5ccccc5c4OCCCS(=O)(=O)O)CN1C(=O)N1CN4C(=O)N5CN6C(=O)N7CN8C(=O)N9Cc%10c(c(OCCCS(=O)(=O)O)c%11ccccc%11c%10OCCCS(=O)(=O)O)CN%10C(=O)N(CN%11C(=O)N(CN%12C(=O)N(CN(C3=O)C12C)C4C%125)C6C%117)C8(C)C%109C. The van der Waals surface area contributed by atoms with Crippen LogP contribution < -0.4 is 40.2 Å². The third kappa shape index (κ3) is 12.5. The van der Waals surface area contributed by atoms with Gasteiger partial charge < -0.3 is 40.2 Å². The molecule has 0 atom stereocenters. The molecule has 15 aliphatic heterocycles. The molecule has 4 aromatic rings. The first-order valence-corrected chi connectivity index (χ1v) is 45.3. The van der Waals surface area contributed by atoms with Crippen LogP contribution in [0.5, 0.6) is 23.0 Å². The minimum absolute atomic E-state index is 0.167. The number of fused-ring (bicyclic) bond motifs is 4. The zero-order valence-corrected chi connectivity index (χ0v) is 68.1. The summed E-state index contributed by atoms with van der Waals surface area (Å²) < 4.78 is 159. The molecule has 16 amide bonds. The van der Waals surface area contributed by atoms with Crippen LogP contribution in [0.3, 0.4) is 0 Å². The van der Waals surface area contributed by atoms with Crippen molar-refractivity contribution >= 4 is 110 Å². The van der Waals surface area contributed by atoms with E-state index in [2.05, 4.69) is 21.3 Å². The summed E-state index contributed by atoms with van der Waals surface area (Å²) in [4.78, 5) is 148. The Bertz CT molecular complexity index is 4740. The second kappa shape index (κ2) is 29.0. The molecule has 0 radical (unpaired) electrons. The van der Waals surface area contributed by atoms with Crippen LogP contribution in [0.25, 0.3) is 21.5 Å². The molecule has 0 saturated carbocycles. The highest BCUT2D eigenvalue weighted by Gasteiger charge is 2.80. The van der Waals surface area contributed by atoms with E-state index in [1.807, 2.05) is 0 Å². The van der Waals surface area contributed by atoms with Gasteiger partial charge in [0.2, 0.25) is 0 Å². The zero-order chi connectivity index (χ0) is 83.6. The van der Waals surface area contributed by atoms with Crippen LogP contribution in [0.1, 0.15) is 75.6 Å². The summed E-state index contributed by atoms with van der Waals surface area (Å²) in [7, 11) is -17.7. The van der Waals surface area contributed by atoms with E-state index < -0.39 is 199 Å². The van der Waals surface area contributed by atoms with Crippen LogP contribution in [-0.2, 0) is 66.7 Å². The molecular formula is C70H92N20O24S4. The third-order valence-electron chi connectivity index (χ3n) is 25.7. The quantitative estimate of drug-likeness (QED) is 0.0443. The highest BCUT2D eigenvalue weighted by atomic mass is 32.2. The number of nitrogens with zero attached hydrogens (tertiary/aromatic N) is 16. The second-order valence-corrected chi connectivity index (χ2v) is 38.2. The summed E-state index contributed by atoms with van der Waals surface area (Å²) in [6.45, 7) is 9.87. The molecule has 15 aliphatic rings. The fraction of sp³-hybridized carbons (Fsp3) is 0.600. The molecule has 15 heterocycles. The van der Waals surface area contributed by atoms with E-state index in [1.165, 1.54) is 78.4 Å². The molecule has 0 aliphatic carbocycles. The van der Waals surface area contributed by atoms with Crippen molar-refractivity contribution in [3.8, 4) is 23.0 Å². The van der Waals surface area contributed by atoms with Crippen LogP contribution >= 0.6 is 0 Å².